The SMILES string of the molecule is COc1ccc([Si](C)(C)[C@H]2[C@H](CCn3cc(CCO)nn3)O[C@@]3(C(=O)Nc4ccc(NC(=O)[C@H]5CCCN5)cc43)[C@@H]2C)cc1. The number of rotatable bonds is 10. The molecule has 1 spiro atoms. The Morgan fingerprint density at radius 3 is 2.75 bits per heavy atom. The van der Waals surface area contributed by atoms with Crippen LogP contribution in [0.15, 0.2) is 48.7 Å². The Kier molecular flexibility index (Phi) is 8.35. The van der Waals surface area contributed by atoms with Gasteiger partial charge in [-0.1, -0.05) is 42.6 Å². The Morgan fingerprint density at radius 1 is 1.25 bits per heavy atom. The molecular weight excluding hydrogens is 576 g/mol. The molecule has 11 nitrogen and oxygen atoms in total. The zero-order valence-electron chi connectivity index (χ0n) is 25.8. The molecule has 4 N–H and O–H groups in total. The summed E-state index contributed by atoms with van der Waals surface area (Å²) in [5, 5.41) is 28.4. The molecule has 3 aliphatic heterocycles. The Labute approximate surface area is 258 Å². The number of hydrogen-bond donors (Lipinski definition) is 4. The number of ether oxygens (including phenoxy) is 2. The van der Waals surface area contributed by atoms with Crippen LogP contribution in [0.3, 0.4) is 0 Å². The summed E-state index contributed by atoms with van der Waals surface area (Å²) >= 11 is 0. The van der Waals surface area contributed by atoms with Crippen LogP contribution in [0.2, 0.25) is 18.6 Å². The van der Waals surface area contributed by atoms with Crippen LogP contribution >= 0.6 is 0 Å². The predicted octanol–water partition coefficient (Wildman–Crippen LogP) is 2.77. The largest absolute Gasteiger partial charge is 0.497 e. The van der Waals surface area contributed by atoms with Gasteiger partial charge in [0.1, 0.15) is 5.75 Å². The number of hydrogen-bond acceptors (Lipinski definition) is 8. The average Bonchev–Trinajstić information content (AvgIpc) is 3.81. The Hall–Kier alpha value is -3.58. The first-order chi connectivity index (χ1) is 21.2. The number of fused-ring (bicyclic) bond motifs is 2. The number of carbonyl (C=O) groups excluding carboxylic acids is 2. The molecule has 0 unspecified atom stereocenters. The zero-order chi connectivity index (χ0) is 31.1. The highest BCUT2D eigenvalue weighted by atomic mass is 28.3. The van der Waals surface area contributed by atoms with Gasteiger partial charge < -0.3 is 30.5 Å². The van der Waals surface area contributed by atoms with Gasteiger partial charge in [-0.3, -0.25) is 14.3 Å². The third-order valence-electron chi connectivity index (χ3n) is 9.83. The van der Waals surface area contributed by atoms with Crippen LogP contribution in [-0.4, -0.2) is 72.4 Å². The monoisotopic (exact) mass is 618 g/mol. The van der Waals surface area contributed by atoms with E-state index < -0.39 is 13.7 Å². The predicted molar refractivity (Wildman–Crippen MR) is 170 cm³/mol. The van der Waals surface area contributed by atoms with Crippen LogP contribution in [0.5, 0.6) is 5.75 Å². The minimum Gasteiger partial charge on any atom is -0.497 e. The molecule has 0 saturated carbocycles. The van der Waals surface area contributed by atoms with Gasteiger partial charge in [0, 0.05) is 48.6 Å². The molecule has 0 bridgehead atoms. The molecule has 2 amide bonds. The smallest absolute Gasteiger partial charge is 0.261 e. The number of aryl methyl sites for hydroxylation is 1. The number of aromatic nitrogens is 3. The highest BCUT2D eigenvalue weighted by molar-refractivity contribution is 6.91. The number of methoxy groups -OCH3 is 1. The van der Waals surface area contributed by atoms with Gasteiger partial charge in [0.15, 0.2) is 5.60 Å². The van der Waals surface area contributed by atoms with Gasteiger partial charge in [-0.2, -0.15) is 0 Å². The van der Waals surface area contributed by atoms with Crippen LogP contribution < -0.4 is 25.9 Å². The lowest BCUT2D eigenvalue weighted by Gasteiger charge is -2.37. The van der Waals surface area contributed by atoms with Gasteiger partial charge in [0.05, 0.1) is 33.0 Å². The van der Waals surface area contributed by atoms with Crippen molar-refractivity contribution in [2.45, 2.75) is 75.5 Å². The van der Waals surface area contributed by atoms with Gasteiger partial charge in [-0.15, -0.1) is 5.10 Å². The van der Waals surface area contributed by atoms with Crippen molar-refractivity contribution in [3.8, 4) is 5.75 Å². The Morgan fingerprint density at radius 2 is 2.05 bits per heavy atom. The van der Waals surface area contributed by atoms with E-state index in [1.807, 2.05) is 36.5 Å². The molecule has 0 aliphatic carbocycles. The summed E-state index contributed by atoms with van der Waals surface area (Å²) < 4.78 is 14.3. The lowest BCUT2D eigenvalue weighted by atomic mass is 9.82. The van der Waals surface area contributed by atoms with E-state index in [0.717, 1.165) is 36.4 Å². The van der Waals surface area contributed by atoms with Gasteiger partial charge >= 0.3 is 0 Å². The van der Waals surface area contributed by atoms with Crippen LogP contribution in [0.25, 0.3) is 0 Å². The maximum absolute atomic E-state index is 14.0. The topological polar surface area (TPSA) is 140 Å². The average molecular weight is 619 g/mol. The van der Waals surface area contributed by atoms with E-state index in [2.05, 4.69) is 58.4 Å². The Balaban J connectivity index is 1.35. The van der Waals surface area contributed by atoms with Crippen molar-refractivity contribution >= 4 is 36.4 Å². The first-order valence-electron chi connectivity index (χ1n) is 15.5. The fraction of sp³-hybridized carbons (Fsp3) is 0.500. The molecule has 2 aromatic carbocycles. The minimum absolute atomic E-state index is 0.0162. The number of aliphatic hydroxyl groups is 1. The van der Waals surface area contributed by atoms with Gasteiger partial charge in [-0.25, -0.2) is 0 Å². The van der Waals surface area contributed by atoms with Gasteiger partial charge in [0.2, 0.25) is 5.91 Å². The molecule has 0 radical (unpaired) electrons. The van der Waals surface area contributed by atoms with E-state index >= 15 is 0 Å². The summed E-state index contributed by atoms with van der Waals surface area (Å²) in [4.78, 5) is 26.9. The molecule has 3 aromatic rings. The first-order valence-corrected chi connectivity index (χ1v) is 18.6. The van der Waals surface area contributed by atoms with E-state index in [1.54, 1.807) is 11.8 Å². The summed E-state index contributed by atoms with van der Waals surface area (Å²) in [5.74, 6) is 0.421. The minimum atomic E-state index is -2.27. The van der Waals surface area contributed by atoms with Crippen molar-refractivity contribution in [1.29, 1.82) is 0 Å². The lowest BCUT2D eigenvalue weighted by Crippen LogP contribution is -2.51. The molecule has 6 rings (SSSR count). The molecular formula is C32H42N6O5Si. The van der Waals surface area contributed by atoms with Crippen molar-refractivity contribution < 1.29 is 24.2 Å². The summed E-state index contributed by atoms with van der Waals surface area (Å²) in [6, 6.07) is 13.7. The summed E-state index contributed by atoms with van der Waals surface area (Å²) in [6.45, 7) is 8.25. The molecule has 44 heavy (non-hydrogen) atoms. The summed E-state index contributed by atoms with van der Waals surface area (Å²) in [5.41, 5.74) is 1.75. The number of nitrogens with one attached hydrogen (secondary N) is 3. The van der Waals surface area contributed by atoms with E-state index in [-0.39, 0.29) is 42.0 Å². The normalized spacial score (nSPS) is 26.2. The fourth-order valence-electron chi connectivity index (χ4n) is 7.55. The molecule has 12 heteroatoms. The van der Waals surface area contributed by atoms with Gasteiger partial charge in [0.25, 0.3) is 5.91 Å². The number of aliphatic hydroxyl groups excluding tert-OH is 1. The Bertz CT molecular complexity index is 1520. The standard InChI is InChI=1S/C32H42N6O5Si/c1-20-29(44(3,4)24-10-8-23(42-2)9-11-24)28(13-16-38-19-22(14-17-39)36-37-38)43-32(20)25-18-21(7-12-26(25)35-31(32)41)34-30(40)27-6-5-15-33-27/h7-12,18-20,27-29,33,39H,5-6,13-17H2,1-4H3,(H,34,40)(H,35,41)/t20-,27-,28+,29-,32+/m1/s1. The number of anilines is 2. The van der Waals surface area contributed by atoms with Gasteiger partial charge in [-0.05, 0) is 61.7 Å². The van der Waals surface area contributed by atoms with E-state index in [1.165, 1.54) is 5.19 Å². The maximum Gasteiger partial charge on any atom is 0.261 e. The second-order valence-electron chi connectivity index (χ2n) is 12.7. The first kappa shape index (κ1) is 30.4. The van der Waals surface area contributed by atoms with Crippen LogP contribution in [0.1, 0.15) is 37.4 Å². The quantitative estimate of drug-likeness (QED) is 0.255. The van der Waals surface area contributed by atoms with E-state index in [4.69, 9.17) is 9.47 Å². The maximum atomic E-state index is 14.0. The molecule has 234 valence electrons. The lowest BCUT2D eigenvalue weighted by molar-refractivity contribution is -0.143. The fourth-order valence-corrected chi connectivity index (χ4v) is 11.6. The number of nitrogens with zero attached hydrogens (tertiary/aromatic N) is 3. The molecule has 3 aliphatic rings. The van der Waals surface area contributed by atoms with Crippen molar-refractivity contribution in [3.63, 3.8) is 0 Å². The van der Waals surface area contributed by atoms with E-state index in [9.17, 15) is 14.7 Å². The van der Waals surface area contributed by atoms with E-state index in [0.29, 0.717) is 30.8 Å². The third-order valence-corrected chi connectivity index (χ3v) is 14.2. The number of benzene rings is 2. The molecule has 4 heterocycles. The molecule has 5 atom stereocenters. The molecule has 2 fully saturated rings. The number of carbonyl (C=O) groups is 2. The van der Waals surface area contributed by atoms with Crippen molar-refractivity contribution in [2.24, 2.45) is 5.92 Å². The second-order valence-corrected chi connectivity index (χ2v) is 17.4. The highest BCUT2D eigenvalue weighted by Crippen LogP contribution is 2.58. The second kappa shape index (κ2) is 12.1. The highest BCUT2D eigenvalue weighted by Gasteiger charge is 2.64. The summed E-state index contributed by atoms with van der Waals surface area (Å²) in [6.07, 6.45) is 4.49. The number of amides is 2. The summed E-state index contributed by atoms with van der Waals surface area (Å²) in [7, 11) is -0.609. The van der Waals surface area contributed by atoms with Crippen LogP contribution in [0.4, 0.5) is 11.4 Å². The van der Waals surface area contributed by atoms with Crippen molar-refractivity contribution in [2.75, 3.05) is 30.9 Å². The zero-order valence-corrected chi connectivity index (χ0v) is 26.8. The van der Waals surface area contributed by atoms with Crippen molar-refractivity contribution in [3.05, 3.63) is 59.9 Å². The van der Waals surface area contributed by atoms with Crippen LogP contribution in [0, 0.1) is 5.92 Å². The molecule has 1 aromatic heterocycles. The van der Waals surface area contributed by atoms with Crippen LogP contribution in [-0.2, 0) is 32.9 Å². The van der Waals surface area contributed by atoms with Crippen molar-refractivity contribution in [1.82, 2.24) is 20.3 Å². The third kappa shape index (κ3) is 5.33. The molecule has 2 saturated heterocycles.